The smallest absolute Gasteiger partial charge is 0.264 e. The van der Waals surface area contributed by atoms with E-state index in [-0.39, 0.29) is 16.4 Å². The number of amides is 1. The van der Waals surface area contributed by atoms with E-state index in [0.29, 0.717) is 25.9 Å². The number of aromatic hydroxyl groups is 1. The summed E-state index contributed by atoms with van der Waals surface area (Å²) in [7, 11) is -1.24. The maximum Gasteiger partial charge on any atom is 0.264 e. The van der Waals surface area contributed by atoms with Crippen LogP contribution < -0.4 is 19.2 Å². The van der Waals surface area contributed by atoms with Gasteiger partial charge in [0.15, 0.2) is 11.5 Å². The van der Waals surface area contributed by atoms with Crippen LogP contribution in [0.4, 0.5) is 5.69 Å². The van der Waals surface area contributed by atoms with Gasteiger partial charge in [0.1, 0.15) is 12.3 Å². The molecule has 2 N–H and O–H groups in total. The van der Waals surface area contributed by atoms with E-state index in [0.717, 1.165) is 9.87 Å². The number of aryl methyl sites for hydroxylation is 1. The zero-order valence-corrected chi connectivity index (χ0v) is 23.5. The summed E-state index contributed by atoms with van der Waals surface area (Å²) >= 11 is 6.52. The maximum atomic E-state index is 13.5. The number of hydrazone groups is 1. The second kappa shape index (κ2) is 11.8. The molecule has 0 aliphatic carbocycles. The van der Waals surface area contributed by atoms with Gasteiger partial charge in [-0.05, 0) is 86.8 Å². The second-order valence-corrected chi connectivity index (χ2v) is 11.1. The molecule has 3 rings (SSSR count). The number of sulfonamides is 1. The minimum atomic E-state index is -4.12. The van der Waals surface area contributed by atoms with Crippen LogP contribution in [0.25, 0.3) is 0 Å². The Balaban J connectivity index is 1.87. The predicted molar refractivity (Wildman–Crippen MR) is 145 cm³/mol. The van der Waals surface area contributed by atoms with E-state index in [4.69, 9.17) is 9.47 Å². The van der Waals surface area contributed by atoms with Gasteiger partial charge in [-0.15, -0.1) is 0 Å². The third-order valence-electron chi connectivity index (χ3n) is 4.99. The topological polar surface area (TPSA) is 118 Å². The number of phenolic OH excluding ortho intramolecular Hbond substituents is 1. The molecule has 12 heteroatoms. The largest absolute Gasteiger partial charge is 0.503 e. The van der Waals surface area contributed by atoms with E-state index < -0.39 is 22.5 Å². The first-order valence-electron chi connectivity index (χ1n) is 10.4. The third-order valence-corrected chi connectivity index (χ3v) is 7.99. The number of nitrogens with one attached hydrogen (secondary N) is 1. The third kappa shape index (κ3) is 6.37. The number of hydrogen-bond donors (Lipinski definition) is 2. The molecular formula is C24H23Br2N3O6S. The Hall–Kier alpha value is -3.09. The average Bonchev–Trinajstić information content (AvgIpc) is 2.85. The summed E-state index contributed by atoms with van der Waals surface area (Å²) in [6.07, 6.45) is 1.34. The molecule has 0 atom stereocenters. The fourth-order valence-electron chi connectivity index (χ4n) is 3.13. The molecule has 36 heavy (non-hydrogen) atoms. The Kier molecular flexibility index (Phi) is 8.98. The van der Waals surface area contributed by atoms with Gasteiger partial charge in [0, 0.05) is 0 Å². The summed E-state index contributed by atoms with van der Waals surface area (Å²) in [4.78, 5) is 12.7. The van der Waals surface area contributed by atoms with Gasteiger partial charge in [-0.25, -0.2) is 13.8 Å². The van der Waals surface area contributed by atoms with Gasteiger partial charge in [-0.1, -0.05) is 17.7 Å². The van der Waals surface area contributed by atoms with E-state index in [9.17, 15) is 18.3 Å². The van der Waals surface area contributed by atoms with Gasteiger partial charge in [-0.2, -0.15) is 5.10 Å². The highest BCUT2D eigenvalue weighted by Crippen LogP contribution is 2.35. The summed E-state index contributed by atoms with van der Waals surface area (Å²) in [6.45, 7) is 1.36. The van der Waals surface area contributed by atoms with Crippen molar-refractivity contribution in [2.45, 2.75) is 11.8 Å². The van der Waals surface area contributed by atoms with Gasteiger partial charge in [0.25, 0.3) is 15.9 Å². The Labute approximate surface area is 226 Å². The Morgan fingerprint density at radius 2 is 1.69 bits per heavy atom. The molecule has 0 aliphatic heterocycles. The van der Waals surface area contributed by atoms with Crippen LogP contribution in [0, 0.1) is 6.92 Å². The number of benzene rings is 3. The van der Waals surface area contributed by atoms with E-state index in [1.165, 1.54) is 44.7 Å². The SMILES string of the molecule is COc1ccc(S(=O)(=O)N(CC(=O)N/N=C\c2cc(Br)c(O)c(OC)c2)c2ccc(C)cc2)cc1Br. The highest BCUT2D eigenvalue weighted by atomic mass is 79.9. The van der Waals surface area contributed by atoms with Crippen LogP contribution in [0.5, 0.6) is 17.2 Å². The zero-order valence-electron chi connectivity index (χ0n) is 19.5. The lowest BCUT2D eigenvalue weighted by Gasteiger charge is -2.24. The Morgan fingerprint density at radius 1 is 1.03 bits per heavy atom. The lowest BCUT2D eigenvalue weighted by Crippen LogP contribution is -2.39. The number of halogens is 2. The van der Waals surface area contributed by atoms with Crippen molar-refractivity contribution in [1.29, 1.82) is 0 Å². The molecule has 0 saturated carbocycles. The fraction of sp³-hybridized carbons (Fsp3) is 0.167. The van der Waals surface area contributed by atoms with Crippen molar-refractivity contribution in [2.75, 3.05) is 25.1 Å². The molecule has 3 aromatic carbocycles. The van der Waals surface area contributed by atoms with Gasteiger partial charge >= 0.3 is 0 Å². The first-order valence-corrected chi connectivity index (χ1v) is 13.4. The highest BCUT2D eigenvalue weighted by Gasteiger charge is 2.28. The summed E-state index contributed by atoms with van der Waals surface area (Å²) in [5, 5.41) is 13.8. The number of carbonyl (C=O) groups excluding carboxylic acids is 1. The molecule has 0 bridgehead atoms. The van der Waals surface area contributed by atoms with Gasteiger partial charge in [0.2, 0.25) is 0 Å². The van der Waals surface area contributed by atoms with Crippen LogP contribution >= 0.6 is 31.9 Å². The number of anilines is 1. The lowest BCUT2D eigenvalue weighted by atomic mass is 10.2. The van der Waals surface area contributed by atoms with Crippen LogP contribution in [0.3, 0.4) is 0 Å². The molecular weight excluding hydrogens is 618 g/mol. The van der Waals surface area contributed by atoms with Crippen LogP contribution in [0.15, 0.2) is 73.5 Å². The highest BCUT2D eigenvalue weighted by molar-refractivity contribution is 9.11. The van der Waals surface area contributed by atoms with Crippen molar-refractivity contribution >= 4 is 59.7 Å². The minimum absolute atomic E-state index is 0.0203. The molecule has 3 aromatic rings. The molecule has 0 saturated heterocycles. The minimum Gasteiger partial charge on any atom is -0.503 e. The zero-order chi connectivity index (χ0) is 26.5. The number of hydrogen-bond acceptors (Lipinski definition) is 7. The number of methoxy groups -OCH3 is 2. The van der Waals surface area contributed by atoms with Crippen molar-refractivity contribution in [1.82, 2.24) is 5.43 Å². The molecule has 0 heterocycles. The first-order chi connectivity index (χ1) is 17.1. The van der Waals surface area contributed by atoms with Crippen LogP contribution in [0.2, 0.25) is 0 Å². The molecule has 190 valence electrons. The van der Waals surface area contributed by atoms with Crippen LogP contribution in [0.1, 0.15) is 11.1 Å². The molecule has 0 aromatic heterocycles. The number of ether oxygens (including phenoxy) is 2. The fourth-order valence-corrected chi connectivity index (χ4v) is 5.73. The normalized spacial score (nSPS) is 11.4. The Morgan fingerprint density at radius 3 is 2.31 bits per heavy atom. The van der Waals surface area contributed by atoms with Crippen molar-refractivity contribution < 1.29 is 27.8 Å². The molecule has 0 fully saturated rings. The summed E-state index contributed by atoms with van der Waals surface area (Å²) in [6, 6.07) is 14.2. The molecule has 9 nitrogen and oxygen atoms in total. The molecule has 0 aliphatic rings. The molecule has 0 spiro atoms. The first kappa shape index (κ1) is 27.5. The quantitative estimate of drug-likeness (QED) is 0.261. The van der Waals surface area contributed by atoms with E-state index >= 15 is 0 Å². The number of rotatable bonds is 9. The number of nitrogens with zero attached hydrogens (tertiary/aromatic N) is 2. The standard InChI is InChI=1S/C24H23Br2N3O6S/c1-15-4-6-17(7-5-15)29(36(32,33)18-8-9-21(34-2)19(25)12-18)14-23(30)28-27-13-16-10-20(26)24(31)22(11-16)35-3/h4-13,31H,14H2,1-3H3,(H,28,30)/b27-13-. The number of phenols is 1. The van der Waals surface area contributed by atoms with E-state index in [2.05, 4.69) is 42.4 Å². The van der Waals surface area contributed by atoms with Crippen molar-refractivity contribution in [2.24, 2.45) is 5.10 Å². The monoisotopic (exact) mass is 639 g/mol. The van der Waals surface area contributed by atoms with Crippen molar-refractivity contribution in [3.05, 3.63) is 74.7 Å². The van der Waals surface area contributed by atoms with E-state index in [1.54, 1.807) is 30.3 Å². The Bertz CT molecular complexity index is 1400. The van der Waals surface area contributed by atoms with Crippen LogP contribution in [-0.4, -0.2) is 46.4 Å². The summed E-state index contributed by atoms with van der Waals surface area (Å²) in [5.74, 6) is -0.0320. The maximum absolute atomic E-state index is 13.5. The second-order valence-electron chi connectivity index (χ2n) is 7.49. The lowest BCUT2D eigenvalue weighted by molar-refractivity contribution is -0.119. The average molecular weight is 641 g/mol. The van der Waals surface area contributed by atoms with Crippen molar-refractivity contribution in [3.63, 3.8) is 0 Å². The summed E-state index contributed by atoms with van der Waals surface area (Å²) < 4.78 is 39.2. The predicted octanol–water partition coefficient (Wildman–Crippen LogP) is 4.59. The van der Waals surface area contributed by atoms with Crippen molar-refractivity contribution in [3.8, 4) is 17.2 Å². The molecule has 1 amide bonds. The van der Waals surface area contributed by atoms with Gasteiger partial charge in [-0.3, -0.25) is 9.10 Å². The molecule has 0 radical (unpaired) electrons. The number of carbonyl (C=O) groups is 1. The van der Waals surface area contributed by atoms with Gasteiger partial charge in [0.05, 0.1) is 40.0 Å². The molecule has 0 unspecified atom stereocenters. The summed E-state index contributed by atoms with van der Waals surface area (Å²) in [5.41, 5.74) is 4.13. The van der Waals surface area contributed by atoms with E-state index in [1.807, 2.05) is 6.92 Å². The van der Waals surface area contributed by atoms with Crippen LogP contribution in [-0.2, 0) is 14.8 Å². The van der Waals surface area contributed by atoms with Gasteiger partial charge < -0.3 is 14.6 Å².